The van der Waals surface area contributed by atoms with E-state index in [2.05, 4.69) is 10.6 Å². The van der Waals surface area contributed by atoms with E-state index in [1.54, 1.807) is 18.2 Å². The maximum atomic E-state index is 11.5. The molecule has 0 aliphatic carbocycles. The number of carbonyl (C=O) groups excluding carboxylic acids is 1. The molecule has 0 saturated carbocycles. The van der Waals surface area contributed by atoms with E-state index in [-0.39, 0.29) is 16.7 Å². The van der Waals surface area contributed by atoms with Gasteiger partial charge in [0.2, 0.25) is 5.91 Å². The lowest BCUT2D eigenvalue weighted by Gasteiger charge is -2.05. The molecule has 6 nitrogen and oxygen atoms in total. The molecular weight excluding hydrogens is 278 g/mol. The van der Waals surface area contributed by atoms with Crippen LogP contribution in [0.25, 0.3) is 6.08 Å². The minimum Gasteiger partial charge on any atom is -0.362 e. The number of hydrogen-bond acceptors (Lipinski definition) is 4. The molecule has 0 aromatic heterocycles. The number of nitrogens with one attached hydrogen (secondary N) is 2. The number of nitrogens with zero attached hydrogens (tertiary/aromatic N) is 1. The van der Waals surface area contributed by atoms with Crippen molar-refractivity contribution in [3.8, 4) is 0 Å². The first-order chi connectivity index (χ1) is 9.52. The van der Waals surface area contributed by atoms with Gasteiger partial charge in [-0.2, -0.15) is 0 Å². The molecule has 0 aliphatic rings. The zero-order chi connectivity index (χ0) is 15.0. The van der Waals surface area contributed by atoms with Crippen molar-refractivity contribution in [3.05, 3.63) is 46.0 Å². The third kappa shape index (κ3) is 5.57. The number of thiocarbonyl (C=S) groups is 1. The Bertz CT molecular complexity index is 526. The fourth-order valence-electron chi connectivity index (χ4n) is 1.32. The van der Waals surface area contributed by atoms with E-state index in [1.165, 1.54) is 18.2 Å². The summed E-state index contributed by atoms with van der Waals surface area (Å²) in [5.41, 5.74) is 0.703. The van der Waals surface area contributed by atoms with E-state index in [4.69, 9.17) is 12.2 Å². The van der Waals surface area contributed by atoms with Crippen molar-refractivity contribution in [2.45, 2.75) is 13.3 Å². The fourth-order valence-corrected chi connectivity index (χ4v) is 1.52. The largest absolute Gasteiger partial charge is 0.362 e. The summed E-state index contributed by atoms with van der Waals surface area (Å²) in [6.45, 7) is 2.69. The lowest BCUT2D eigenvalue weighted by Crippen LogP contribution is -2.38. The molecule has 20 heavy (non-hydrogen) atoms. The number of carbonyl (C=O) groups is 1. The van der Waals surface area contributed by atoms with Crippen LogP contribution in [0.2, 0.25) is 0 Å². The summed E-state index contributed by atoms with van der Waals surface area (Å²) in [7, 11) is 0. The number of non-ortho nitro benzene ring substituents is 1. The molecule has 0 radical (unpaired) electrons. The predicted octanol–water partition coefficient (Wildman–Crippen LogP) is 2.01. The van der Waals surface area contributed by atoms with Crippen LogP contribution in [0, 0.1) is 10.1 Å². The normalized spacial score (nSPS) is 10.2. The third-order valence-corrected chi connectivity index (χ3v) is 2.55. The van der Waals surface area contributed by atoms with Gasteiger partial charge in [0, 0.05) is 24.8 Å². The second kappa shape index (κ2) is 8.00. The maximum Gasteiger partial charge on any atom is 0.269 e. The number of hydrogen-bond donors (Lipinski definition) is 2. The molecule has 1 aromatic carbocycles. The number of benzene rings is 1. The van der Waals surface area contributed by atoms with Gasteiger partial charge in [0.15, 0.2) is 5.11 Å². The molecule has 106 valence electrons. The van der Waals surface area contributed by atoms with Crippen LogP contribution in [0.3, 0.4) is 0 Å². The predicted molar refractivity (Wildman–Crippen MR) is 81.2 cm³/mol. The first-order valence-electron chi connectivity index (χ1n) is 6.04. The summed E-state index contributed by atoms with van der Waals surface area (Å²) in [4.78, 5) is 21.5. The van der Waals surface area contributed by atoms with Gasteiger partial charge in [-0.3, -0.25) is 20.2 Å². The summed E-state index contributed by atoms with van der Waals surface area (Å²) in [5.74, 6) is -0.350. The summed E-state index contributed by atoms with van der Waals surface area (Å²) >= 11 is 4.92. The molecule has 1 aromatic rings. The SMILES string of the molecule is CCCNC(=S)NC(=O)/C=C/c1ccc([N+](=O)[O-])cc1. The Labute approximate surface area is 122 Å². The average Bonchev–Trinajstić information content (AvgIpc) is 2.43. The highest BCUT2D eigenvalue weighted by Crippen LogP contribution is 2.12. The van der Waals surface area contributed by atoms with Gasteiger partial charge in [0.25, 0.3) is 5.69 Å². The lowest BCUT2D eigenvalue weighted by molar-refractivity contribution is -0.384. The first-order valence-corrected chi connectivity index (χ1v) is 6.45. The molecular formula is C13H15N3O3S. The smallest absolute Gasteiger partial charge is 0.269 e. The number of nitro benzene ring substituents is 1. The van der Waals surface area contributed by atoms with E-state index >= 15 is 0 Å². The molecule has 0 heterocycles. The standard InChI is InChI=1S/C13H15N3O3S/c1-2-9-14-13(20)15-12(17)8-5-10-3-6-11(7-4-10)16(18)19/h3-8H,2,9H2,1H3,(H2,14,15,17,20)/b8-5+. The Hall–Kier alpha value is -2.28. The van der Waals surface area contributed by atoms with Crippen LogP contribution in [0.4, 0.5) is 5.69 Å². The van der Waals surface area contributed by atoms with Crippen LogP contribution >= 0.6 is 12.2 Å². The molecule has 1 amide bonds. The highest BCUT2D eigenvalue weighted by atomic mass is 32.1. The van der Waals surface area contributed by atoms with Gasteiger partial charge in [-0.1, -0.05) is 6.92 Å². The van der Waals surface area contributed by atoms with E-state index in [0.29, 0.717) is 12.1 Å². The molecule has 7 heteroatoms. The number of rotatable bonds is 5. The Balaban J connectivity index is 2.52. The van der Waals surface area contributed by atoms with Gasteiger partial charge in [0.05, 0.1) is 4.92 Å². The van der Waals surface area contributed by atoms with Crippen molar-refractivity contribution in [2.75, 3.05) is 6.54 Å². The van der Waals surface area contributed by atoms with Crippen LogP contribution in [0.15, 0.2) is 30.3 Å². The summed E-state index contributed by atoms with van der Waals surface area (Å²) in [6, 6.07) is 5.89. The van der Waals surface area contributed by atoms with Crippen molar-refractivity contribution < 1.29 is 9.72 Å². The van der Waals surface area contributed by atoms with Crippen LogP contribution < -0.4 is 10.6 Å². The van der Waals surface area contributed by atoms with Crippen molar-refractivity contribution in [3.63, 3.8) is 0 Å². The van der Waals surface area contributed by atoms with E-state index < -0.39 is 4.92 Å². The summed E-state index contributed by atoms with van der Waals surface area (Å²) in [6.07, 6.45) is 3.79. The first kappa shape index (κ1) is 15.8. The van der Waals surface area contributed by atoms with Gasteiger partial charge in [-0.25, -0.2) is 0 Å². The Morgan fingerprint density at radius 3 is 2.60 bits per heavy atom. The van der Waals surface area contributed by atoms with E-state index in [9.17, 15) is 14.9 Å². The minimum atomic E-state index is -0.474. The van der Waals surface area contributed by atoms with Crippen molar-refractivity contribution in [1.82, 2.24) is 10.6 Å². The Morgan fingerprint density at radius 1 is 1.40 bits per heavy atom. The molecule has 2 N–H and O–H groups in total. The van der Waals surface area contributed by atoms with Crippen LogP contribution in [-0.2, 0) is 4.79 Å². The Kier molecular flexibility index (Phi) is 6.31. The van der Waals surface area contributed by atoms with E-state index in [1.807, 2.05) is 6.92 Å². The average molecular weight is 293 g/mol. The molecule has 0 spiro atoms. The zero-order valence-corrected chi connectivity index (χ0v) is 11.8. The van der Waals surface area contributed by atoms with Gasteiger partial charge < -0.3 is 5.32 Å². The van der Waals surface area contributed by atoms with Gasteiger partial charge in [0.1, 0.15) is 0 Å². The number of amides is 1. The Morgan fingerprint density at radius 2 is 2.05 bits per heavy atom. The topological polar surface area (TPSA) is 84.3 Å². The number of nitro groups is 1. The fraction of sp³-hybridized carbons (Fsp3) is 0.231. The molecule has 0 fully saturated rings. The quantitative estimate of drug-likeness (QED) is 0.375. The van der Waals surface area contributed by atoms with E-state index in [0.717, 1.165) is 6.42 Å². The monoisotopic (exact) mass is 293 g/mol. The molecule has 0 unspecified atom stereocenters. The van der Waals surface area contributed by atoms with Crippen LogP contribution in [0.1, 0.15) is 18.9 Å². The highest BCUT2D eigenvalue weighted by Gasteiger charge is 2.03. The van der Waals surface area contributed by atoms with Crippen LogP contribution in [-0.4, -0.2) is 22.5 Å². The molecule has 0 bridgehead atoms. The summed E-state index contributed by atoms with van der Waals surface area (Å²) < 4.78 is 0. The van der Waals surface area contributed by atoms with Crippen molar-refractivity contribution >= 4 is 35.0 Å². The van der Waals surface area contributed by atoms with Gasteiger partial charge >= 0.3 is 0 Å². The molecule has 0 aliphatic heterocycles. The molecule has 0 atom stereocenters. The molecule has 0 saturated heterocycles. The highest BCUT2D eigenvalue weighted by molar-refractivity contribution is 7.80. The molecule has 1 rings (SSSR count). The second-order valence-corrected chi connectivity index (χ2v) is 4.34. The van der Waals surface area contributed by atoms with Crippen LogP contribution in [0.5, 0.6) is 0 Å². The third-order valence-electron chi connectivity index (χ3n) is 2.30. The second-order valence-electron chi connectivity index (χ2n) is 3.93. The minimum absolute atomic E-state index is 0.0107. The maximum absolute atomic E-state index is 11.5. The van der Waals surface area contributed by atoms with Gasteiger partial charge in [-0.05, 0) is 42.4 Å². The lowest BCUT2D eigenvalue weighted by atomic mass is 10.2. The van der Waals surface area contributed by atoms with Crippen molar-refractivity contribution in [2.24, 2.45) is 0 Å². The van der Waals surface area contributed by atoms with Gasteiger partial charge in [-0.15, -0.1) is 0 Å². The summed E-state index contributed by atoms with van der Waals surface area (Å²) in [5, 5.41) is 16.1. The van der Waals surface area contributed by atoms with Crippen molar-refractivity contribution in [1.29, 1.82) is 0 Å². The zero-order valence-electron chi connectivity index (χ0n) is 11.0.